The summed E-state index contributed by atoms with van der Waals surface area (Å²) in [5, 5.41) is 20.4. The van der Waals surface area contributed by atoms with Gasteiger partial charge in [-0.05, 0) is 42.0 Å². The van der Waals surface area contributed by atoms with Crippen LogP contribution >= 0.6 is 15.9 Å². The molecule has 6 N–H and O–H groups in total. The lowest BCUT2D eigenvalue weighted by Crippen LogP contribution is -2.46. The number of nitrogens with two attached hydrogens (primary N) is 1. The molecular weight excluding hydrogens is 470 g/mol. The first-order chi connectivity index (χ1) is 14.8. The SMILES string of the molecule is COc1ccc(Br)cc1CC(NC(=O)CNC(=O)c1cccc(NC=NN)c1)C(=O)O. The summed E-state index contributed by atoms with van der Waals surface area (Å²) in [5.74, 6) is 3.18. The van der Waals surface area contributed by atoms with Crippen molar-refractivity contribution >= 4 is 45.7 Å². The maximum atomic E-state index is 12.3. The summed E-state index contributed by atoms with van der Waals surface area (Å²) >= 11 is 3.33. The van der Waals surface area contributed by atoms with Crippen molar-refractivity contribution in [2.45, 2.75) is 12.5 Å². The van der Waals surface area contributed by atoms with Crippen molar-refractivity contribution in [3.8, 4) is 5.75 Å². The van der Waals surface area contributed by atoms with E-state index in [9.17, 15) is 19.5 Å². The number of anilines is 1. The molecule has 0 aromatic heterocycles. The van der Waals surface area contributed by atoms with Crippen LogP contribution in [0.4, 0.5) is 5.69 Å². The van der Waals surface area contributed by atoms with Crippen LogP contribution in [0, 0.1) is 0 Å². The standard InChI is InChI=1S/C20H22BrN5O5/c1-31-17-6-5-14(21)7-13(17)9-16(20(29)30)26-18(27)10-23-19(28)12-3-2-4-15(8-12)24-11-25-22/h2-8,11,16H,9-10,22H2,1H3,(H,23,28)(H,24,25)(H,26,27)(H,29,30). The molecule has 0 spiro atoms. The predicted octanol–water partition coefficient (Wildman–Crippen LogP) is 1.31. The van der Waals surface area contributed by atoms with Gasteiger partial charge in [-0.2, -0.15) is 5.10 Å². The van der Waals surface area contributed by atoms with Crippen LogP contribution in [0.2, 0.25) is 0 Å². The van der Waals surface area contributed by atoms with Gasteiger partial charge in [0.2, 0.25) is 5.91 Å². The monoisotopic (exact) mass is 491 g/mol. The van der Waals surface area contributed by atoms with E-state index in [0.29, 0.717) is 22.6 Å². The summed E-state index contributed by atoms with van der Waals surface area (Å²) < 4.78 is 5.99. The number of aliphatic carboxylic acids is 1. The predicted molar refractivity (Wildman–Crippen MR) is 119 cm³/mol. The third-order valence-corrected chi connectivity index (χ3v) is 4.63. The van der Waals surface area contributed by atoms with E-state index < -0.39 is 23.8 Å². The minimum Gasteiger partial charge on any atom is -0.496 e. The van der Waals surface area contributed by atoms with Gasteiger partial charge in [-0.15, -0.1) is 0 Å². The second kappa shape index (κ2) is 11.6. The van der Waals surface area contributed by atoms with E-state index in [4.69, 9.17) is 10.6 Å². The molecule has 0 fully saturated rings. The number of amides is 2. The summed E-state index contributed by atoms with van der Waals surface area (Å²) in [4.78, 5) is 36.2. The molecule has 10 nitrogen and oxygen atoms in total. The Morgan fingerprint density at radius 2 is 2.03 bits per heavy atom. The molecule has 11 heteroatoms. The molecule has 164 valence electrons. The lowest BCUT2D eigenvalue weighted by Gasteiger charge is -2.17. The van der Waals surface area contributed by atoms with Gasteiger partial charge in [-0.3, -0.25) is 9.59 Å². The highest BCUT2D eigenvalue weighted by Crippen LogP contribution is 2.24. The van der Waals surface area contributed by atoms with Gasteiger partial charge in [0.25, 0.3) is 5.91 Å². The number of hydrogen-bond acceptors (Lipinski definition) is 6. The van der Waals surface area contributed by atoms with Gasteiger partial charge < -0.3 is 31.6 Å². The van der Waals surface area contributed by atoms with Crippen LogP contribution in [0.1, 0.15) is 15.9 Å². The van der Waals surface area contributed by atoms with Gasteiger partial charge in [0.15, 0.2) is 0 Å². The third kappa shape index (κ3) is 7.30. The summed E-state index contributed by atoms with van der Waals surface area (Å²) in [7, 11) is 1.48. The number of carboxylic acid groups (broad SMARTS) is 1. The molecule has 0 saturated heterocycles. The Hall–Kier alpha value is -3.60. The Labute approximate surface area is 187 Å². The summed E-state index contributed by atoms with van der Waals surface area (Å²) in [6.45, 7) is -0.389. The number of methoxy groups -OCH3 is 1. The molecule has 2 rings (SSSR count). The number of ether oxygens (including phenoxy) is 1. The average Bonchev–Trinajstić information content (AvgIpc) is 2.75. The number of nitrogens with zero attached hydrogens (tertiary/aromatic N) is 1. The van der Waals surface area contributed by atoms with Crippen molar-refractivity contribution in [2.75, 3.05) is 19.0 Å². The quantitative estimate of drug-likeness (QED) is 0.145. The normalized spacial score (nSPS) is 11.5. The van der Waals surface area contributed by atoms with E-state index in [2.05, 4.69) is 37.0 Å². The fourth-order valence-corrected chi connectivity index (χ4v) is 3.11. The van der Waals surface area contributed by atoms with Crippen molar-refractivity contribution in [2.24, 2.45) is 10.9 Å². The fraction of sp³-hybridized carbons (Fsp3) is 0.200. The molecule has 1 atom stereocenters. The largest absolute Gasteiger partial charge is 0.496 e. The van der Waals surface area contributed by atoms with Crippen molar-refractivity contribution in [3.63, 3.8) is 0 Å². The highest BCUT2D eigenvalue weighted by Gasteiger charge is 2.22. The van der Waals surface area contributed by atoms with Gasteiger partial charge in [-0.1, -0.05) is 22.0 Å². The zero-order valence-electron chi connectivity index (χ0n) is 16.6. The fourth-order valence-electron chi connectivity index (χ4n) is 2.70. The van der Waals surface area contributed by atoms with Crippen molar-refractivity contribution in [3.05, 3.63) is 58.1 Å². The number of carbonyl (C=O) groups excluding carboxylic acids is 2. The van der Waals surface area contributed by atoms with Gasteiger partial charge >= 0.3 is 5.97 Å². The molecule has 31 heavy (non-hydrogen) atoms. The minimum absolute atomic E-state index is 0.00798. The molecule has 0 saturated carbocycles. The number of hydrazone groups is 1. The van der Waals surface area contributed by atoms with Gasteiger partial charge in [0.1, 0.15) is 18.1 Å². The number of hydrogen-bond donors (Lipinski definition) is 5. The van der Waals surface area contributed by atoms with Crippen molar-refractivity contribution < 1.29 is 24.2 Å². The van der Waals surface area contributed by atoms with Crippen LogP contribution in [0.5, 0.6) is 5.75 Å². The summed E-state index contributed by atoms with van der Waals surface area (Å²) in [5.41, 5.74) is 1.50. The second-order valence-corrected chi connectivity index (χ2v) is 7.22. The van der Waals surface area contributed by atoms with E-state index in [1.165, 1.54) is 13.4 Å². The Balaban J connectivity index is 1.97. The molecule has 0 aliphatic rings. The van der Waals surface area contributed by atoms with Gasteiger partial charge in [0, 0.05) is 22.1 Å². The number of benzene rings is 2. The van der Waals surface area contributed by atoms with Crippen LogP contribution in [-0.2, 0) is 16.0 Å². The van der Waals surface area contributed by atoms with Crippen molar-refractivity contribution in [1.29, 1.82) is 0 Å². The van der Waals surface area contributed by atoms with Crippen LogP contribution < -0.4 is 26.5 Å². The minimum atomic E-state index is -1.21. The molecule has 0 heterocycles. The zero-order valence-corrected chi connectivity index (χ0v) is 18.2. The van der Waals surface area contributed by atoms with E-state index in [0.717, 1.165) is 4.47 Å². The molecule has 2 amide bonds. The van der Waals surface area contributed by atoms with Crippen molar-refractivity contribution in [1.82, 2.24) is 10.6 Å². The molecular formula is C20H22BrN5O5. The summed E-state index contributed by atoms with van der Waals surface area (Å²) in [6, 6.07) is 10.5. The van der Waals surface area contributed by atoms with E-state index in [-0.39, 0.29) is 13.0 Å². The van der Waals surface area contributed by atoms with Crippen LogP contribution in [0.3, 0.4) is 0 Å². The highest BCUT2D eigenvalue weighted by atomic mass is 79.9. The first kappa shape index (κ1) is 23.7. The number of carboxylic acids is 1. The molecule has 0 aliphatic carbocycles. The number of halogens is 1. The molecule has 2 aromatic carbocycles. The highest BCUT2D eigenvalue weighted by molar-refractivity contribution is 9.10. The van der Waals surface area contributed by atoms with Gasteiger partial charge in [-0.25, -0.2) is 4.79 Å². The molecule has 2 aromatic rings. The lowest BCUT2D eigenvalue weighted by molar-refractivity contribution is -0.141. The Kier molecular flexibility index (Phi) is 8.82. The molecule has 0 bridgehead atoms. The van der Waals surface area contributed by atoms with Crippen LogP contribution in [0.25, 0.3) is 0 Å². The maximum Gasteiger partial charge on any atom is 0.326 e. The molecule has 0 radical (unpaired) electrons. The molecule has 0 aliphatic heterocycles. The number of carbonyl (C=O) groups is 3. The average molecular weight is 492 g/mol. The Bertz CT molecular complexity index is 982. The topological polar surface area (TPSA) is 155 Å². The van der Waals surface area contributed by atoms with Crippen LogP contribution in [0.15, 0.2) is 52.0 Å². The number of rotatable bonds is 10. The maximum absolute atomic E-state index is 12.3. The summed E-state index contributed by atoms with van der Waals surface area (Å²) in [6.07, 6.45) is 1.27. The molecule has 1 unspecified atom stereocenters. The first-order valence-electron chi connectivity index (χ1n) is 9.05. The number of nitrogens with one attached hydrogen (secondary N) is 3. The van der Waals surface area contributed by atoms with Gasteiger partial charge in [0.05, 0.1) is 13.7 Å². The Morgan fingerprint density at radius 1 is 1.26 bits per heavy atom. The zero-order chi connectivity index (χ0) is 22.8. The first-order valence-corrected chi connectivity index (χ1v) is 9.84. The van der Waals surface area contributed by atoms with E-state index >= 15 is 0 Å². The lowest BCUT2D eigenvalue weighted by atomic mass is 10.0. The van der Waals surface area contributed by atoms with Crippen LogP contribution in [-0.4, -0.2) is 48.9 Å². The Morgan fingerprint density at radius 3 is 2.71 bits per heavy atom. The second-order valence-electron chi connectivity index (χ2n) is 6.30. The third-order valence-electron chi connectivity index (χ3n) is 4.14. The van der Waals surface area contributed by atoms with E-state index in [1.54, 1.807) is 42.5 Å². The smallest absolute Gasteiger partial charge is 0.326 e. The van der Waals surface area contributed by atoms with E-state index in [1.807, 2.05) is 0 Å².